The van der Waals surface area contributed by atoms with Gasteiger partial charge in [0.05, 0.1) is 0 Å². The van der Waals surface area contributed by atoms with Crippen LogP contribution in [0.2, 0.25) is 0 Å². The van der Waals surface area contributed by atoms with Gasteiger partial charge in [-0.2, -0.15) is 0 Å². The van der Waals surface area contributed by atoms with Crippen LogP contribution in [0.3, 0.4) is 0 Å². The van der Waals surface area contributed by atoms with E-state index in [1.807, 2.05) is 0 Å². The average Bonchev–Trinajstić information content (AvgIpc) is 3.68. The van der Waals surface area contributed by atoms with Crippen molar-refractivity contribution in [1.82, 2.24) is 7.96 Å². The van der Waals surface area contributed by atoms with Gasteiger partial charge in [-0.15, -0.1) is 0 Å². The normalized spacial score (nSPS) is 13.6. The van der Waals surface area contributed by atoms with Gasteiger partial charge in [-0.3, -0.25) is 0 Å². The zero-order valence-corrected chi connectivity index (χ0v) is 33.0. The molecule has 1 heterocycles. The fourth-order valence-corrected chi connectivity index (χ4v) is 9.63. The average molecular weight is 712 g/mol. The van der Waals surface area contributed by atoms with Crippen LogP contribution in [0.5, 0.6) is 0 Å². The van der Waals surface area contributed by atoms with Crippen molar-refractivity contribution in [2.75, 3.05) is 0 Å². The van der Waals surface area contributed by atoms with Crippen molar-refractivity contribution in [3.63, 3.8) is 0 Å². The summed E-state index contributed by atoms with van der Waals surface area (Å²) >= 11 is -0.0425. The SMILES string of the molecule is CCCCCCCCCCC1(CCCCCCCCCC)c2cc(-c3ccc(C(C)C)c4n[se]nc34)ccc2-c2ccc(C(C)C)cc21. The molecule has 0 fully saturated rings. The molecule has 1 aliphatic rings. The predicted molar refractivity (Wildman–Crippen MR) is 211 cm³/mol. The monoisotopic (exact) mass is 712 g/mol. The van der Waals surface area contributed by atoms with Crippen molar-refractivity contribution in [2.24, 2.45) is 0 Å². The van der Waals surface area contributed by atoms with Gasteiger partial charge in [0.2, 0.25) is 0 Å². The second kappa shape index (κ2) is 18.1. The molecule has 3 heteroatoms. The maximum absolute atomic E-state index is 5.01. The second-order valence-electron chi connectivity index (χ2n) is 15.6. The van der Waals surface area contributed by atoms with Gasteiger partial charge in [0.15, 0.2) is 0 Å². The second-order valence-corrected chi connectivity index (χ2v) is 16.7. The van der Waals surface area contributed by atoms with E-state index in [1.165, 1.54) is 149 Å². The summed E-state index contributed by atoms with van der Waals surface area (Å²) in [5.74, 6) is 0.990. The Labute approximate surface area is 300 Å². The first-order valence-corrected chi connectivity index (χ1v) is 21.5. The Morgan fingerprint density at radius 2 is 1.02 bits per heavy atom. The Kier molecular flexibility index (Phi) is 14.0. The van der Waals surface area contributed by atoms with Crippen molar-refractivity contribution in [2.45, 2.75) is 174 Å². The summed E-state index contributed by atoms with van der Waals surface area (Å²) in [4.78, 5) is 0. The molecular weight excluding hydrogens is 647 g/mol. The molecule has 1 aromatic heterocycles. The number of rotatable bonds is 21. The van der Waals surface area contributed by atoms with Gasteiger partial charge in [0.1, 0.15) is 0 Å². The van der Waals surface area contributed by atoms with Crippen LogP contribution in [0.4, 0.5) is 0 Å². The van der Waals surface area contributed by atoms with Crippen LogP contribution >= 0.6 is 0 Å². The molecule has 0 saturated carbocycles. The Balaban J connectivity index is 1.50. The minimum atomic E-state index is -0.0425. The van der Waals surface area contributed by atoms with E-state index >= 15 is 0 Å². The van der Waals surface area contributed by atoms with Crippen LogP contribution in [0.25, 0.3) is 33.3 Å². The third-order valence-electron chi connectivity index (χ3n) is 11.3. The fourth-order valence-electron chi connectivity index (χ4n) is 8.41. The minimum absolute atomic E-state index is 0.0425. The number of unbranched alkanes of at least 4 members (excludes halogenated alkanes) is 14. The molecule has 0 radical (unpaired) electrons. The standard InChI is InChI=1S/C45H64N2Se/c1-7-9-11-13-15-17-19-21-29-45(30-22-20-18-16-14-12-10-8-2)41-31-35(33(3)4)23-25-39(41)40-26-24-36(32-42(40)45)38-28-27-37(34(5)6)43-44(38)47-48-46-43/h23-28,31-34H,7-22,29-30H2,1-6H3. The first kappa shape index (κ1) is 37.0. The third kappa shape index (κ3) is 8.55. The Hall–Kier alpha value is -2.22. The topological polar surface area (TPSA) is 25.8 Å². The number of benzene rings is 3. The van der Waals surface area contributed by atoms with E-state index in [2.05, 4.69) is 90.1 Å². The van der Waals surface area contributed by atoms with E-state index < -0.39 is 0 Å². The van der Waals surface area contributed by atoms with Crippen LogP contribution in [0, 0.1) is 0 Å². The number of aromatic nitrogens is 2. The van der Waals surface area contributed by atoms with Gasteiger partial charge in [-0.1, -0.05) is 65.2 Å². The van der Waals surface area contributed by atoms with Crippen molar-refractivity contribution < 1.29 is 0 Å². The molecule has 0 atom stereocenters. The van der Waals surface area contributed by atoms with Gasteiger partial charge in [-0.05, 0) is 0 Å². The zero-order chi connectivity index (χ0) is 33.9. The van der Waals surface area contributed by atoms with E-state index in [0.29, 0.717) is 11.8 Å². The molecule has 5 rings (SSSR count). The Bertz CT molecular complexity index is 1560. The molecule has 3 aromatic carbocycles. The van der Waals surface area contributed by atoms with E-state index in [1.54, 1.807) is 11.1 Å². The summed E-state index contributed by atoms with van der Waals surface area (Å²) in [6.45, 7) is 13.9. The maximum atomic E-state index is 5.01. The van der Waals surface area contributed by atoms with Gasteiger partial charge in [-0.25, -0.2) is 0 Å². The van der Waals surface area contributed by atoms with Gasteiger partial charge in [0.25, 0.3) is 0 Å². The summed E-state index contributed by atoms with van der Waals surface area (Å²) in [6.07, 6.45) is 24.5. The summed E-state index contributed by atoms with van der Waals surface area (Å²) in [5.41, 5.74) is 14.0. The molecule has 2 nitrogen and oxygen atoms in total. The van der Waals surface area contributed by atoms with Crippen LogP contribution in [-0.2, 0) is 5.41 Å². The quantitative estimate of drug-likeness (QED) is 0.0635. The molecule has 0 amide bonds. The number of hydrogen-bond acceptors (Lipinski definition) is 2. The number of nitrogens with zero attached hydrogens (tertiary/aromatic N) is 2. The van der Waals surface area contributed by atoms with Crippen LogP contribution in [-0.4, -0.2) is 22.9 Å². The Morgan fingerprint density at radius 3 is 1.58 bits per heavy atom. The molecule has 0 bridgehead atoms. The van der Waals surface area contributed by atoms with E-state index in [0.717, 1.165) is 11.0 Å². The molecule has 0 aliphatic heterocycles. The predicted octanol–water partition coefficient (Wildman–Crippen LogP) is 13.9. The summed E-state index contributed by atoms with van der Waals surface area (Å²) in [5, 5.41) is 0. The molecule has 0 spiro atoms. The molecule has 48 heavy (non-hydrogen) atoms. The van der Waals surface area contributed by atoms with Gasteiger partial charge < -0.3 is 0 Å². The summed E-state index contributed by atoms with van der Waals surface area (Å²) in [7, 11) is 0. The van der Waals surface area contributed by atoms with E-state index in [9.17, 15) is 0 Å². The van der Waals surface area contributed by atoms with Gasteiger partial charge in [0, 0.05) is 0 Å². The summed E-state index contributed by atoms with van der Waals surface area (Å²) in [6, 6.07) is 19.6. The number of fused-ring (bicyclic) bond motifs is 4. The van der Waals surface area contributed by atoms with E-state index in [4.69, 9.17) is 7.96 Å². The van der Waals surface area contributed by atoms with Crippen molar-refractivity contribution in [1.29, 1.82) is 0 Å². The van der Waals surface area contributed by atoms with Gasteiger partial charge >= 0.3 is 236 Å². The molecule has 0 saturated heterocycles. The first-order valence-electron chi connectivity index (χ1n) is 20.0. The molecule has 0 unspecified atom stereocenters. The molecular formula is C45H64N2Se. The third-order valence-corrected chi connectivity index (χ3v) is 12.5. The van der Waals surface area contributed by atoms with Crippen LogP contribution in [0.15, 0.2) is 48.5 Å². The zero-order valence-electron chi connectivity index (χ0n) is 31.3. The fraction of sp³-hybridized carbons (Fsp3) is 0.600. The summed E-state index contributed by atoms with van der Waals surface area (Å²) < 4.78 is 9.93. The molecule has 1 aliphatic carbocycles. The van der Waals surface area contributed by atoms with Crippen molar-refractivity contribution in [3.05, 3.63) is 70.8 Å². The first-order chi connectivity index (χ1) is 23.4. The van der Waals surface area contributed by atoms with Crippen LogP contribution < -0.4 is 0 Å². The molecule has 0 N–H and O–H groups in total. The van der Waals surface area contributed by atoms with Crippen molar-refractivity contribution >= 4 is 26.0 Å². The molecule has 260 valence electrons. The van der Waals surface area contributed by atoms with E-state index in [-0.39, 0.29) is 20.4 Å². The molecule has 4 aromatic rings. The Morgan fingerprint density at radius 1 is 0.521 bits per heavy atom. The number of hydrogen-bond donors (Lipinski definition) is 0. The van der Waals surface area contributed by atoms with Crippen LogP contribution in [0.1, 0.15) is 191 Å². The van der Waals surface area contributed by atoms with Crippen molar-refractivity contribution in [3.8, 4) is 22.3 Å².